The van der Waals surface area contributed by atoms with Crippen molar-refractivity contribution in [1.29, 1.82) is 0 Å². The van der Waals surface area contributed by atoms with Crippen molar-refractivity contribution in [3.63, 3.8) is 0 Å². The number of allylic oxidation sites excluding steroid dienone is 3. The van der Waals surface area contributed by atoms with Gasteiger partial charge < -0.3 is 20.1 Å². The molecule has 1 unspecified atom stereocenters. The molecular weight excluding hydrogens is 507 g/mol. The van der Waals surface area contributed by atoms with Gasteiger partial charge in [0.1, 0.15) is 12.4 Å². The van der Waals surface area contributed by atoms with Crippen LogP contribution in [0.1, 0.15) is 50.7 Å². The second-order valence-corrected chi connectivity index (χ2v) is 11.1. The van der Waals surface area contributed by atoms with Crippen molar-refractivity contribution in [1.82, 2.24) is 5.32 Å². The Balaban J connectivity index is 1.55. The molecule has 0 saturated heterocycles. The van der Waals surface area contributed by atoms with Crippen molar-refractivity contribution in [3.8, 4) is 11.5 Å². The first-order chi connectivity index (χ1) is 19.1. The summed E-state index contributed by atoms with van der Waals surface area (Å²) in [5, 5.41) is 6.18. The van der Waals surface area contributed by atoms with Gasteiger partial charge in [-0.15, -0.1) is 0 Å². The first-order valence-corrected chi connectivity index (χ1v) is 13.3. The number of ether oxygens (including phenoxy) is 2. The number of benzene rings is 3. The summed E-state index contributed by atoms with van der Waals surface area (Å²) in [6.07, 6.45) is 1.05. The third-order valence-corrected chi connectivity index (χ3v) is 7.33. The van der Waals surface area contributed by atoms with E-state index in [0.717, 1.165) is 16.8 Å². The van der Waals surface area contributed by atoms with E-state index in [0.29, 0.717) is 53.5 Å². The Morgan fingerprint density at radius 1 is 1.02 bits per heavy atom. The molecule has 3 aromatic rings. The van der Waals surface area contributed by atoms with Crippen molar-refractivity contribution in [2.75, 3.05) is 12.4 Å². The molecule has 1 amide bonds. The number of carbonyl (C=O) groups is 2. The molecule has 1 heterocycles. The van der Waals surface area contributed by atoms with Crippen LogP contribution in [0, 0.1) is 11.2 Å². The normalized spacial score (nSPS) is 18.1. The Kier molecular flexibility index (Phi) is 7.48. The highest BCUT2D eigenvalue weighted by Crippen LogP contribution is 2.48. The van der Waals surface area contributed by atoms with Crippen molar-refractivity contribution >= 4 is 17.4 Å². The molecule has 3 aromatic carbocycles. The molecule has 1 atom stereocenters. The minimum atomic E-state index is -0.634. The van der Waals surface area contributed by atoms with Gasteiger partial charge in [-0.2, -0.15) is 0 Å². The zero-order valence-electron chi connectivity index (χ0n) is 23.1. The Bertz CT molecular complexity index is 1520. The lowest BCUT2D eigenvalue weighted by molar-refractivity contribution is -0.118. The van der Waals surface area contributed by atoms with E-state index in [1.54, 1.807) is 13.2 Å². The highest BCUT2D eigenvalue weighted by atomic mass is 19.1. The van der Waals surface area contributed by atoms with Crippen LogP contribution in [-0.4, -0.2) is 18.8 Å². The van der Waals surface area contributed by atoms with Crippen LogP contribution in [-0.2, 0) is 16.2 Å². The number of ketones is 1. The van der Waals surface area contributed by atoms with Crippen molar-refractivity contribution in [2.45, 2.75) is 46.1 Å². The Hall–Kier alpha value is -4.39. The summed E-state index contributed by atoms with van der Waals surface area (Å²) >= 11 is 0. The second kappa shape index (κ2) is 11.0. The van der Waals surface area contributed by atoms with E-state index >= 15 is 0 Å². The van der Waals surface area contributed by atoms with Crippen molar-refractivity contribution in [2.24, 2.45) is 5.41 Å². The van der Waals surface area contributed by atoms with Gasteiger partial charge >= 0.3 is 0 Å². The maximum Gasteiger partial charge on any atom is 0.254 e. The molecule has 7 heteroatoms. The number of hydrogen-bond donors (Lipinski definition) is 2. The Morgan fingerprint density at radius 3 is 2.52 bits per heavy atom. The Morgan fingerprint density at radius 2 is 1.80 bits per heavy atom. The zero-order valence-corrected chi connectivity index (χ0v) is 23.1. The molecule has 1 aliphatic carbocycles. The van der Waals surface area contributed by atoms with Gasteiger partial charge in [0, 0.05) is 40.6 Å². The van der Waals surface area contributed by atoms with Crippen molar-refractivity contribution < 1.29 is 23.5 Å². The summed E-state index contributed by atoms with van der Waals surface area (Å²) in [5.74, 6) is -0.442. The number of hydrogen-bond acceptors (Lipinski definition) is 5. The molecule has 5 rings (SSSR count). The van der Waals surface area contributed by atoms with Gasteiger partial charge in [0.15, 0.2) is 17.3 Å². The molecule has 0 fully saturated rings. The minimum Gasteiger partial charge on any atom is -0.493 e. The lowest BCUT2D eigenvalue weighted by Gasteiger charge is -2.39. The van der Waals surface area contributed by atoms with Gasteiger partial charge in [-0.25, -0.2) is 4.39 Å². The lowest BCUT2D eigenvalue weighted by Crippen LogP contribution is -2.39. The molecule has 206 valence electrons. The maximum atomic E-state index is 13.9. The number of methoxy groups -OCH3 is 1. The van der Waals surface area contributed by atoms with Crippen LogP contribution in [0.2, 0.25) is 0 Å². The summed E-state index contributed by atoms with van der Waals surface area (Å²) in [5.41, 5.74) is 4.33. The quantitative estimate of drug-likeness (QED) is 0.351. The number of anilines is 1. The lowest BCUT2D eigenvalue weighted by atomic mass is 9.68. The summed E-state index contributed by atoms with van der Waals surface area (Å²) in [6.45, 7) is 6.34. The third-order valence-electron chi connectivity index (χ3n) is 7.33. The van der Waals surface area contributed by atoms with Gasteiger partial charge in [0.2, 0.25) is 0 Å². The maximum absolute atomic E-state index is 13.9. The van der Waals surface area contributed by atoms with E-state index in [2.05, 4.69) is 24.5 Å². The van der Waals surface area contributed by atoms with Gasteiger partial charge in [-0.1, -0.05) is 56.3 Å². The fourth-order valence-corrected chi connectivity index (χ4v) is 5.55. The average molecular weight is 541 g/mol. The molecule has 0 aromatic heterocycles. The second-order valence-electron chi connectivity index (χ2n) is 11.1. The van der Waals surface area contributed by atoms with E-state index in [4.69, 9.17) is 9.47 Å². The summed E-state index contributed by atoms with van der Waals surface area (Å²) < 4.78 is 25.6. The monoisotopic (exact) mass is 540 g/mol. The molecule has 0 radical (unpaired) electrons. The molecule has 40 heavy (non-hydrogen) atoms. The number of nitrogens with one attached hydrogen (secondary N) is 2. The molecule has 2 N–H and O–H groups in total. The number of amides is 1. The molecule has 0 saturated carbocycles. The average Bonchev–Trinajstić information content (AvgIpc) is 2.90. The highest BCUT2D eigenvalue weighted by molar-refractivity contribution is 6.10. The van der Waals surface area contributed by atoms with Crippen LogP contribution < -0.4 is 20.1 Å². The van der Waals surface area contributed by atoms with Gasteiger partial charge in [-0.05, 0) is 60.2 Å². The van der Waals surface area contributed by atoms with Gasteiger partial charge in [-0.3, -0.25) is 9.59 Å². The van der Waals surface area contributed by atoms with Crippen LogP contribution in [0.5, 0.6) is 11.5 Å². The first-order valence-electron chi connectivity index (χ1n) is 13.3. The van der Waals surface area contributed by atoms with E-state index in [-0.39, 0.29) is 11.2 Å². The number of carbonyl (C=O) groups excluding carboxylic acids is 2. The fraction of sp³-hybridized carbons (Fsp3) is 0.273. The standard InChI is InChI=1S/C33H33FN2O4/c1-20-29(32(38)36-24-12-8-11-23(34)16-24)30(31-25(35-20)17-33(2,3)18-26(31)37)22-13-14-27(28(15-22)39-4)40-19-21-9-6-5-7-10-21/h5-16,30,35H,17-19H2,1-4H3,(H,36,38). The number of dihydropyridines is 1. The van der Waals surface area contributed by atoms with E-state index in [1.165, 1.54) is 18.2 Å². The van der Waals surface area contributed by atoms with Crippen LogP contribution >= 0.6 is 0 Å². The topological polar surface area (TPSA) is 76.7 Å². The predicted octanol–water partition coefficient (Wildman–Crippen LogP) is 6.66. The largest absolute Gasteiger partial charge is 0.493 e. The third kappa shape index (κ3) is 5.64. The van der Waals surface area contributed by atoms with Crippen LogP contribution in [0.25, 0.3) is 0 Å². The number of halogens is 1. The first kappa shape index (κ1) is 27.2. The smallest absolute Gasteiger partial charge is 0.254 e. The van der Waals surface area contributed by atoms with Gasteiger partial charge in [0.25, 0.3) is 5.91 Å². The summed E-state index contributed by atoms with van der Waals surface area (Å²) in [4.78, 5) is 27.4. The highest BCUT2D eigenvalue weighted by Gasteiger charge is 2.43. The van der Waals surface area contributed by atoms with Crippen LogP contribution in [0.15, 0.2) is 95.3 Å². The number of rotatable bonds is 7. The van der Waals surface area contributed by atoms with Crippen molar-refractivity contribution in [3.05, 3.63) is 112 Å². The molecule has 2 aliphatic rings. The summed E-state index contributed by atoms with van der Waals surface area (Å²) in [7, 11) is 1.56. The molecule has 6 nitrogen and oxygen atoms in total. The van der Waals surface area contributed by atoms with Crippen LogP contribution in [0.3, 0.4) is 0 Å². The molecule has 0 bridgehead atoms. The predicted molar refractivity (Wildman–Crippen MR) is 152 cm³/mol. The SMILES string of the molecule is COc1cc(C2C(C(=O)Nc3cccc(F)c3)=C(C)NC3=C2C(=O)CC(C)(C)C3)ccc1OCc1ccccc1. The Labute approximate surface area is 233 Å². The zero-order chi connectivity index (χ0) is 28.4. The molecule has 0 spiro atoms. The molecule has 1 aliphatic heterocycles. The van der Waals surface area contributed by atoms with E-state index < -0.39 is 17.6 Å². The van der Waals surface area contributed by atoms with Crippen LogP contribution in [0.4, 0.5) is 10.1 Å². The molecular formula is C33H33FN2O4. The minimum absolute atomic E-state index is 0.00400. The summed E-state index contributed by atoms with van der Waals surface area (Å²) in [6, 6.07) is 21.1. The number of Topliss-reactive ketones (excluding diaryl/α,β-unsaturated/α-hetero) is 1. The van der Waals surface area contributed by atoms with E-state index in [1.807, 2.05) is 55.5 Å². The fourth-order valence-electron chi connectivity index (χ4n) is 5.55. The van der Waals surface area contributed by atoms with E-state index in [9.17, 15) is 14.0 Å². The van der Waals surface area contributed by atoms with Gasteiger partial charge in [0.05, 0.1) is 7.11 Å².